The van der Waals surface area contributed by atoms with E-state index in [0.717, 1.165) is 12.8 Å². The Morgan fingerprint density at radius 2 is 2.50 bits per heavy atom. The molecule has 0 N–H and O–H groups in total. The third kappa shape index (κ3) is 0.796. The fourth-order valence-corrected chi connectivity index (χ4v) is 1.65. The van der Waals surface area contributed by atoms with Gasteiger partial charge in [-0.05, 0) is 38.3 Å². The summed E-state index contributed by atoms with van der Waals surface area (Å²) in [5.41, 5.74) is 1.19. The molecule has 0 aromatic rings. The van der Waals surface area contributed by atoms with Gasteiger partial charge in [0.05, 0.1) is 0 Å². The summed E-state index contributed by atoms with van der Waals surface area (Å²) in [6, 6.07) is 0. The van der Waals surface area contributed by atoms with Gasteiger partial charge in [-0.2, -0.15) is 0 Å². The van der Waals surface area contributed by atoms with Gasteiger partial charge in [0.25, 0.3) is 0 Å². The summed E-state index contributed by atoms with van der Waals surface area (Å²) in [6.45, 7) is 4.16. The molecule has 0 amide bonds. The molecule has 2 bridgehead atoms. The lowest BCUT2D eigenvalue weighted by molar-refractivity contribution is -0.394. The molecule has 3 aliphatic rings. The van der Waals surface area contributed by atoms with E-state index in [-0.39, 0.29) is 11.7 Å². The number of rotatable bonds is 0. The molecule has 0 saturated carbocycles. The zero-order valence-electron chi connectivity index (χ0n) is 6.39. The average molecular weight is 140 g/mol. The zero-order chi connectivity index (χ0) is 7.19. The predicted octanol–water partition coefficient (Wildman–Crippen LogP) is 1.82. The van der Waals surface area contributed by atoms with Gasteiger partial charge < -0.3 is 0 Å². The van der Waals surface area contributed by atoms with Crippen LogP contribution in [0.25, 0.3) is 0 Å². The lowest BCUT2D eigenvalue weighted by Crippen LogP contribution is -2.41. The maximum atomic E-state index is 5.16. The molecule has 0 aromatic heterocycles. The monoisotopic (exact) mass is 140 g/mol. The summed E-state index contributed by atoms with van der Waals surface area (Å²) < 4.78 is 0. The second-order valence-corrected chi connectivity index (χ2v) is 3.41. The van der Waals surface area contributed by atoms with E-state index in [2.05, 4.69) is 19.9 Å². The molecule has 2 nitrogen and oxygen atoms in total. The molecular formula is C8H12O2. The highest BCUT2D eigenvalue weighted by atomic mass is 17.2. The van der Waals surface area contributed by atoms with Gasteiger partial charge >= 0.3 is 0 Å². The smallest absolute Gasteiger partial charge is 0.119 e. The Kier molecular flexibility index (Phi) is 1.17. The van der Waals surface area contributed by atoms with Gasteiger partial charge in [0.15, 0.2) is 0 Å². The lowest BCUT2D eigenvalue weighted by Gasteiger charge is -2.40. The van der Waals surface area contributed by atoms with Crippen LogP contribution in [0.4, 0.5) is 0 Å². The Hall–Kier alpha value is -0.340. The van der Waals surface area contributed by atoms with Crippen LogP contribution in [-0.2, 0) is 9.78 Å². The summed E-state index contributed by atoms with van der Waals surface area (Å²) >= 11 is 0. The molecule has 2 heteroatoms. The Morgan fingerprint density at radius 1 is 1.70 bits per heavy atom. The van der Waals surface area contributed by atoms with Crippen molar-refractivity contribution in [1.29, 1.82) is 0 Å². The molecule has 0 unspecified atom stereocenters. The van der Waals surface area contributed by atoms with Gasteiger partial charge in [-0.3, -0.25) is 0 Å². The number of hydrogen-bond acceptors (Lipinski definition) is 2. The van der Waals surface area contributed by atoms with E-state index in [1.165, 1.54) is 5.57 Å². The molecule has 3 rings (SSSR count). The van der Waals surface area contributed by atoms with Crippen molar-refractivity contribution < 1.29 is 9.78 Å². The molecule has 56 valence electrons. The van der Waals surface area contributed by atoms with E-state index in [1.807, 2.05) is 0 Å². The normalized spacial score (nSPS) is 45.4. The molecule has 0 radical (unpaired) electrons. The van der Waals surface area contributed by atoms with E-state index in [1.54, 1.807) is 0 Å². The van der Waals surface area contributed by atoms with Crippen LogP contribution in [0.3, 0.4) is 0 Å². The maximum Gasteiger partial charge on any atom is 0.119 e. The third-order valence-corrected chi connectivity index (χ3v) is 2.30. The van der Waals surface area contributed by atoms with E-state index in [9.17, 15) is 0 Å². The summed E-state index contributed by atoms with van der Waals surface area (Å²) in [4.78, 5) is 10.3. The van der Waals surface area contributed by atoms with Crippen molar-refractivity contribution in [2.24, 2.45) is 0 Å². The molecule has 1 saturated heterocycles. The Labute approximate surface area is 60.7 Å². The first kappa shape index (κ1) is 6.38. The average Bonchev–Trinajstić information content (AvgIpc) is 1.87. The van der Waals surface area contributed by atoms with Gasteiger partial charge in [-0.15, -0.1) is 0 Å². The van der Waals surface area contributed by atoms with Crippen molar-refractivity contribution in [1.82, 2.24) is 0 Å². The molecule has 0 spiro atoms. The minimum absolute atomic E-state index is 0.126. The number of hydrogen-bond donors (Lipinski definition) is 0. The van der Waals surface area contributed by atoms with Gasteiger partial charge in [-0.25, -0.2) is 9.78 Å². The van der Waals surface area contributed by atoms with Crippen LogP contribution in [0.15, 0.2) is 11.6 Å². The van der Waals surface area contributed by atoms with Crippen LogP contribution in [0.1, 0.15) is 26.7 Å². The minimum atomic E-state index is -0.126. The van der Waals surface area contributed by atoms with Crippen molar-refractivity contribution in [2.45, 2.75) is 38.4 Å². The standard InChI is InChI=1S/C8H12O2/c1-6-5-8(2)4-3-7(6)9-10-8/h5,7H,3-4H2,1-2H3/t7-,8+/m0/s1. The summed E-state index contributed by atoms with van der Waals surface area (Å²) in [5, 5.41) is 0. The van der Waals surface area contributed by atoms with Crippen LogP contribution in [0, 0.1) is 0 Å². The molecule has 1 aliphatic carbocycles. The van der Waals surface area contributed by atoms with Crippen LogP contribution in [0.5, 0.6) is 0 Å². The fourth-order valence-electron chi connectivity index (χ4n) is 1.65. The van der Waals surface area contributed by atoms with E-state index >= 15 is 0 Å². The first-order valence-electron chi connectivity index (χ1n) is 3.73. The highest BCUT2D eigenvalue weighted by Crippen LogP contribution is 2.37. The largest absolute Gasteiger partial charge is 0.228 e. The molecule has 2 atom stereocenters. The Bertz CT molecular complexity index is 176. The first-order chi connectivity index (χ1) is 4.70. The predicted molar refractivity (Wildman–Crippen MR) is 37.4 cm³/mol. The maximum absolute atomic E-state index is 5.16. The lowest BCUT2D eigenvalue weighted by atomic mass is 9.86. The Balaban J connectivity index is 2.34. The topological polar surface area (TPSA) is 18.5 Å². The third-order valence-electron chi connectivity index (χ3n) is 2.30. The van der Waals surface area contributed by atoms with Crippen molar-refractivity contribution in [3.8, 4) is 0 Å². The van der Waals surface area contributed by atoms with Crippen LogP contribution in [0.2, 0.25) is 0 Å². The summed E-state index contributed by atoms with van der Waals surface area (Å²) in [7, 11) is 0. The van der Waals surface area contributed by atoms with Gasteiger partial charge in [0.2, 0.25) is 0 Å². The highest BCUT2D eigenvalue weighted by molar-refractivity contribution is 5.18. The van der Waals surface area contributed by atoms with Crippen molar-refractivity contribution >= 4 is 0 Å². The second kappa shape index (κ2) is 1.83. The SMILES string of the molecule is CC1=C[C@@]2(C)CC[C@@H]1OO2. The fraction of sp³-hybridized carbons (Fsp3) is 0.750. The quantitative estimate of drug-likeness (QED) is 0.377. The molecule has 0 aromatic carbocycles. The second-order valence-electron chi connectivity index (χ2n) is 3.41. The highest BCUT2D eigenvalue weighted by Gasteiger charge is 2.38. The molecule has 2 heterocycles. The molecular weight excluding hydrogens is 128 g/mol. The van der Waals surface area contributed by atoms with Gasteiger partial charge in [-0.1, -0.05) is 0 Å². The number of fused-ring (bicyclic) bond motifs is 2. The van der Waals surface area contributed by atoms with Crippen LogP contribution >= 0.6 is 0 Å². The van der Waals surface area contributed by atoms with Gasteiger partial charge in [0, 0.05) is 0 Å². The van der Waals surface area contributed by atoms with E-state index in [0.29, 0.717) is 0 Å². The van der Waals surface area contributed by atoms with Crippen LogP contribution in [-0.4, -0.2) is 11.7 Å². The van der Waals surface area contributed by atoms with Crippen molar-refractivity contribution in [3.05, 3.63) is 11.6 Å². The molecule has 2 aliphatic heterocycles. The molecule has 10 heavy (non-hydrogen) atoms. The minimum Gasteiger partial charge on any atom is -0.228 e. The Morgan fingerprint density at radius 3 is 2.80 bits per heavy atom. The zero-order valence-corrected chi connectivity index (χ0v) is 6.39. The van der Waals surface area contributed by atoms with Crippen molar-refractivity contribution in [2.75, 3.05) is 0 Å². The summed E-state index contributed by atoms with van der Waals surface area (Å²) in [5.74, 6) is 0. The van der Waals surface area contributed by atoms with Gasteiger partial charge in [0.1, 0.15) is 11.7 Å². The first-order valence-corrected chi connectivity index (χ1v) is 3.73. The van der Waals surface area contributed by atoms with E-state index in [4.69, 9.17) is 9.78 Å². The summed E-state index contributed by atoms with van der Waals surface area (Å²) in [6.07, 6.45) is 4.61. The van der Waals surface area contributed by atoms with Crippen LogP contribution < -0.4 is 0 Å². The van der Waals surface area contributed by atoms with E-state index < -0.39 is 0 Å². The van der Waals surface area contributed by atoms with Crippen molar-refractivity contribution in [3.63, 3.8) is 0 Å². The molecule has 1 fully saturated rings.